The molecule has 0 atom stereocenters. The standard InChI is InChI=1S/C16H21N3O2S/c1-16(2,3)12-4-6-13(7-5-12)21-10-8-17-14(20)19-15-18-9-11-22-15/h4-7,9,11H,8,10H2,1-3H3,(H2,17,18,19,20). The second kappa shape index (κ2) is 7.26. The van der Waals surface area contributed by atoms with Crippen LogP contribution in [0.2, 0.25) is 0 Å². The fourth-order valence-electron chi connectivity index (χ4n) is 1.81. The fourth-order valence-corrected chi connectivity index (χ4v) is 2.34. The van der Waals surface area contributed by atoms with Crippen LogP contribution in [0, 0.1) is 0 Å². The first-order chi connectivity index (χ1) is 10.4. The van der Waals surface area contributed by atoms with Gasteiger partial charge in [0.1, 0.15) is 12.4 Å². The molecule has 0 unspecified atom stereocenters. The van der Waals surface area contributed by atoms with Gasteiger partial charge in [0.15, 0.2) is 5.13 Å². The van der Waals surface area contributed by atoms with Crippen molar-refractivity contribution in [3.8, 4) is 5.75 Å². The van der Waals surface area contributed by atoms with E-state index in [4.69, 9.17) is 4.74 Å². The molecule has 1 aromatic heterocycles. The zero-order valence-electron chi connectivity index (χ0n) is 13.1. The Morgan fingerprint density at radius 1 is 1.27 bits per heavy atom. The molecule has 0 fully saturated rings. The molecule has 0 saturated heterocycles. The molecule has 118 valence electrons. The molecule has 0 aliphatic carbocycles. The minimum absolute atomic E-state index is 0.133. The summed E-state index contributed by atoms with van der Waals surface area (Å²) in [5, 5.41) is 7.75. The first-order valence-electron chi connectivity index (χ1n) is 7.13. The molecule has 2 rings (SSSR count). The number of ether oxygens (including phenoxy) is 1. The molecule has 0 radical (unpaired) electrons. The van der Waals surface area contributed by atoms with Gasteiger partial charge < -0.3 is 10.1 Å². The Morgan fingerprint density at radius 2 is 2.00 bits per heavy atom. The molecule has 22 heavy (non-hydrogen) atoms. The molecule has 0 saturated carbocycles. The zero-order chi connectivity index (χ0) is 16.0. The number of urea groups is 1. The second-order valence-electron chi connectivity index (χ2n) is 5.84. The lowest BCUT2D eigenvalue weighted by Crippen LogP contribution is -2.32. The van der Waals surface area contributed by atoms with E-state index in [0.29, 0.717) is 18.3 Å². The van der Waals surface area contributed by atoms with Crippen molar-refractivity contribution in [2.45, 2.75) is 26.2 Å². The molecule has 2 amide bonds. The Hall–Kier alpha value is -2.08. The number of thiazole rings is 1. The van der Waals surface area contributed by atoms with Crippen molar-refractivity contribution in [3.63, 3.8) is 0 Å². The summed E-state index contributed by atoms with van der Waals surface area (Å²) in [4.78, 5) is 15.5. The fraction of sp³-hybridized carbons (Fsp3) is 0.375. The molecule has 2 aromatic rings. The monoisotopic (exact) mass is 319 g/mol. The van der Waals surface area contributed by atoms with Crippen LogP contribution in [0.25, 0.3) is 0 Å². The highest BCUT2D eigenvalue weighted by Gasteiger charge is 2.12. The van der Waals surface area contributed by atoms with Gasteiger partial charge in [-0.25, -0.2) is 9.78 Å². The number of aromatic nitrogens is 1. The highest BCUT2D eigenvalue weighted by molar-refractivity contribution is 7.13. The van der Waals surface area contributed by atoms with E-state index in [1.165, 1.54) is 16.9 Å². The second-order valence-corrected chi connectivity index (χ2v) is 6.74. The largest absolute Gasteiger partial charge is 0.492 e. The third-order valence-electron chi connectivity index (χ3n) is 3.03. The highest BCUT2D eigenvalue weighted by atomic mass is 32.1. The summed E-state index contributed by atoms with van der Waals surface area (Å²) in [7, 11) is 0. The van der Waals surface area contributed by atoms with E-state index in [-0.39, 0.29) is 11.4 Å². The van der Waals surface area contributed by atoms with E-state index in [1.807, 2.05) is 12.1 Å². The van der Waals surface area contributed by atoms with Gasteiger partial charge in [-0.2, -0.15) is 0 Å². The summed E-state index contributed by atoms with van der Waals surface area (Å²) in [6.07, 6.45) is 1.64. The van der Waals surface area contributed by atoms with Crippen LogP contribution in [0.15, 0.2) is 35.8 Å². The van der Waals surface area contributed by atoms with Gasteiger partial charge >= 0.3 is 6.03 Å². The number of carbonyl (C=O) groups is 1. The summed E-state index contributed by atoms with van der Waals surface area (Å²) in [6, 6.07) is 7.77. The van der Waals surface area contributed by atoms with Crippen LogP contribution in [0.4, 0.5) is 9.93 Å². The summed E-state index contributed by atoms with van der Waals surface area (Å²) < 4.78 is 5.60. The van der Waals surface area contributed by atoms with Gasteiger partial charge in [-0.15, -0.1) is 11.3 Å². The summed E-state index contributed by atoms with van der Waals surface area (Å²) in [6.45, 7) is 7.37. The lowest BCUT2D eigenvalue weighted by molar-refractivity contribution is 0.247. The van der Waals surface area contributed by atoms with Crippen molar-refractivity contribution in [3.05, 3.63) is 41.4 Å². The molecule has 0 aliphatic rings. The molecule has 5 nitrogen and oxygen atoms in total. The van der Waals surface area contributed by atoms with Crippen molar-refractivity contribution in [2.75, 3.05) is 18.5 Å². The van der Waals surface area contributed by atoms with Gasteiger partial charge in [-0.3, -0.25) is 5.32 Å². The molecule has 1 aromatic carbocycles. The van der Waals surface area contributed by atoms with Crippen molar-refractivity contribution < 1.29 is 9.53 Å². The van der Waals surface area contributed by atoms with Gasteiger partial charge in [-0.05, 0) is 23.1 Å². The number of amides is 2. The average Bonchev–Trinajstić information content (AvgIpc) is 2.96. The Labute approximate surface area is 134 Å². The molecule has 1 heterocycles. The number of anilines is 1. The SMILES string of the molecule is CC(C)(C)c1ccc(OCCNC(=O)Nc2nccs2)cc1. The number of nitrogens with one attached hydrogen (secondary N) is 2. The maximum atomic E-state index is 11.6. The van der Waals surface area contributed by atoms with E-state index >= 15 is 0 Å². The van der Waals surface area contributed by atoms with Crippen molar-refractivity contribution in [1.82, 2.24) is 10.3 Å². The molecule has 0 aliphatic heterocycles. The Bertz CT molecular complexity index is 589. The van der Waals surface area contributed by atoms with E-state index < -0.39 is 0 Å². The first-order valence-corrected chi connectivity index (χ1v) is 8.01. The minimum atomic E-state index is -0.276. The van der Waals surface area contributed by atoms with Gasteiger partial charge in [0.2, 0.25) is 0 Å². The third kappa shape index (κ3) is 5.04. The van der Waals surface area contributed by atoms with Crippen molar-refractivity contribution in [1.29, 1.82) is 0 Å². The predicted molar refractivity (Wildman–Crippen MR) is 89.8 cm³/mol. The van der Waals surface area contributed by atoms with Gasteiger partial charge in [0.25, 0.3) is 0 Å². The lowest BCUT2D eigenvalue weighted by atomic mass is 9.87. The molecule has 0 spiro atoms. The van der Waals surface area contributed by atoms with E-state index in [2.05, 4.69) is 48.5 Å². The maximum Gasteiger partial charge on any atom is 0.321 e. The Kier molecular flexibility index (Phi) is 5.38. The van der Waals surface area contributed by atoms with Crippen LogP contribution in [-0.2, 0) is 5.41 Å². The third-order valence-corrected chi connectivity index (χ3v) is 3.72. The number of rotatable bonds is 5. The molecular formula is C16H21N3O2S. The highest BCUT2D eigenvalue weighted by Crippen LogP contribution is 2.24. The van der Waals surface area contributed by atoms with Crippen LogP contribution in [0.3, 0.4) is 0 Å². The van der Waals surface area contributed by atoms with E-state index in [1.54, 1.807) is 11.6 Å². The topological polar surface area (TPSA) is 63.2 Å². The van der Waals surface area contributed by atoms with E-state index in [0.717, 1.165) is 5.75 Å². The quantitative estimate of drug-likeness (QED) is 0.827. The molecule has 6 heteroatoms. The smallest absolute Gasteiger partial charge is 0.321 e. The maximum absolute atomic E-state index is 11.6. The summed E-state index contributed by atoms with van der Waals surface area (Å²) >= 11 is 1.38. The first kappa shape index (κ1) is 16.3. The number of benzene rings is 1. The minimum Gasteiger partial charge on any atom is -0.492 e. The molecule has 0 bridgehead atoms. The zero-order valence-corrected chi connectivity index (χ0v) is 13.9. The molecule has 2 N–H and O–H groups in total. The van der Waals surface area contributed by atoms with Crippen LogP contribution < -0.4 is 15.4 Å². The summed E-state index contributed by atoms with van der Waals surface area (Å²) in [5.74, 6) is 0.801. The predicted octanol–water partition coefficient (Wildman–Crippen LogP) is 3.64. The van der Waals surface area contributed by atoms with Crippen LogP contribution >= 0.6 is 11.3 Å². The number of carbonyl (C=O) groups excluding carboxylic acids is 1. The van der Waals surface area contributed by atoms with Gasteiger partial charge in [0, 0.05) is 11.6 Å². The number of hydrogen-bond donors (Lipinski definition) is 2. The van der Waals surface area contributed by atoms with Crippen molar-refractivity contribution in [2.24, 2.45) is 0 Å². The summed E-state index contributed by atoms with van der Waals surface area (Å²) in [5.41, 5.74) is 1.40. The Morgan fingerprint density at radius 3 is 2.59 bits per heavy atom. The Balaban J connectivity index is 1.69. The molecular weight excluding hydrogens is 298 g/mol. The average molecular weight is 319 g/mol. The number of hydrogen-bond acceptors (Lipinski definition) is 4. The van der Waals surface area contributed by atoms with Gasteiger partial charge in [0.05, 0.1) is 6.54 Å². The van der Waals surface area contributed by atoms with Crippen LogP contribution in [-0.4, -0.2) is 24.2 Å². The van der Waals surface area contributed by atoms with Crippen molar-refractivity contribution >= 4 is 22.5 Å². The van der Waals surface area contributed by atoms with Crippen LogP contribution in [0.5, 0.6) is 5.75 Å². The lowest BCUT2D eigenvalue weighted by Gasteiger charge is -2.19. The van der Waals surface area contributed by atoms with Crippen LogP contribution in [0.1, 0.15) is 26.3 Å². The number of nitrogens with zero attached hydrogens (tertiary/aromatic N) is 1. The van der Waals surface area contributed by atoms with Gasteiger partial charge in [-0.1, -0.05) is 32.9 Å². The van der Waals surface area contributed by atoms with E-state index in [9.17, 15) is 4.79 Å². The normalized spacial score (nSPS) is 11.0.